The summed E-state index contributed by atoms with van der Waals surface area (Å²) in [5.41, 5.74) is 4.98. The van der Waals surface area contributed by atoms with Gasteiger partial charge in [0.05, 0.1) is 0 Å². The first kappa shape index (κ1) is 20.2. The first-order valence-corrected chi connectivity index (χ1v) is 11.3. The van der Waals surface area contributed by atoms with Crippen LogP contribution in [0.4, 0.5) is 5.69 Å². The molecule has 2 aliphatic rings. The number of hydrogen-bond donors (Lipinski definition) is 0. The maximum Gasteiger partial charge on any atom is 0.162 e. The quantitative estimate of drug-likeness (QED) is 0.623. The van der Waals surface area contributed by atoms with Crippen molar-refractivity contribution in [2.24, 2.45) is 5.92 Å². The van der Waals surface area contributed by atoms with E-state index in [2.05, 4.69) is 59.3 Å². The number of Topliss-reactive ketones (excluding diaryl/α,β-unsaturated/α-hetero) is 1. The van der Waals surface area contributed by atoms with Gasteiger partial charge in [-0.15, -0.1) is 0 Å². The van der Waals surface area contributed by atoms with E-state index in [1.54, 1.807) is 0 Å². The highest BCUT2D eigenvalue weighted by atomic mass is 16.1. The molecule has 2 heterocycles. The average molecular weight is 391 g/mol. The zero-order chi connectivity index (χ0) is 20.1. The number of ketones is 1. The number of carbonyl (C=O) groups excluding carboxylic acids is 1. The van der Waals surface area contributed by atoms with Crippen LogP contribution in [0.15, 0.2) is 48.5 Å². The van der Waals surface area contributed by atoms with Gasteiger partial charge in [-0.1, -0.05) is 30.3 Å². The number of aryl methyl sites for hydroxylation is 1. The molecule has 0 aliphatic carbocycles. The van der Waals surface area contributed by atoms with E-state index < -0.39 is 0 Å². The summed E-state index contributed by atoms with van der Waals surface area (Å²) in [7, 11) is 2.16. The van der Waals surface area contributed by atoms with E-state index in [0.717, 1.165) is 44.6 Å². The van der Waals surface area contributed by atoms with Gasteiger partial charge in [0.2, 0.25) is 0 Å². The zero-order valence-electron chi connectivity index (χ0n) is 17.8. The molecule has 0 bridgehead atoms. The van der Waals surface area contributed by atoms with Gasteiger partial charge in [-0.25, -0.2) is 0 Å². The van der Waals surface area contributed by atoms with Gasteiger partial charge < -0.3 is 4.90 Å². The molecule has 3 nitrogen and oxygen atoms in total. The lowest BCUT2D eigenvalue weighted by atomic mass is 9.90. The Kier molecular flexibility index (Phi) is 6.66. The Morgan fingerprint density at radius 1 is 1.00 bits per heavy atom. The number of fused-ring (bicyclic) bond motifs is 1. The number of anilines is 1. The van der Waals surface area contributed by atoms with Crippen molar-refractivity contribution >= 4 is 11.5 Å². The molecule has 0 amide bonds. The summed E-state index contributed by atoms with van der Waals surface area (Å²) in [6.07, 6.45) is 7.71. The number of nitrogens with zero attached hydrogens (tertiary/aromatic N) is 2. The van der Waals surface area contributed by atoms with Gasteiger partial charge >= 0.3 is 0 Å². The van der Waals surface area contributed by atoms with Crippen molar-refractivity contribution in [3.05, 3.63) is 65.2 Å². The smallest absolute Gasteiger partial charge is 0.162 e. The second kappa shape index (κ2) is 9.58. The summed E-state index contributed by atoms with van der Waals surface area (Å²) in [5, 5.41) is 0. The molecule has 2 aromatic carbocycles. The van der Waals surface area contributed by atoms with Crippen LogP contribution in [0.25, 0.3) is 0 Å². The Bertz CT molecular complexity index is 809. The van der Waals surface area contributed by atoms with Crippen LogP contribution in [0, 0.1) is 5.92 Å². The lowest BCUT2D eigenvalue weighted by Crippen LogP contribution is -2.33. The van der Waals surface area contributed by atoms with E-state index >= 15 is 0 Å². The Morgan fingerprint density at radius 3 is 2.59 bits per heavy atom. The third kappa shape index (κ3) is 5.27. The van der Waals surface area contributed by atoms with Gasteiger partial charge in [0.25, 0.3) is 0 Å². The fourth-order valence-electron chi connectivity index (χ4n) is 4.87. The predicted molar refractivity (Wildman–Crippen MR) is 121 cm³/mol. The minimum Gasteiger partial charge on any atom is -0.374 e. The van der Waals surface area contributed by atoms with Gasteiger partial charge in [0.1, 0.15) is 0 Å². The standard InChI is InChI=1S/C26H34N2O/c1-27-16-6-5-9-23-19-24(11-12-25(23)27)26(29)13-10-21-14-17-28(18-15-21)20-22-7-3-2-4-8-22/h2-4,7-8,11-12,19,21H,5-6,9-10,13-18,20H2,1H3. The molecular formula is C26H34N2O. The van der Waals surface area contributed by atoms with Crippen LogP contribution in [-0.4, -0.2) is 37.4 Å². The van der Waals surface area contributed by atoms with Gasteiger partial charge in [-0.05, 0) is 86.9 Å². The largest absolute Gasteiger partial charge is 0.374 e. The van der Waals surface area contributed by atoms with Gasteiger partial charge in [-0.2, -0.15) is 0 Å². The molecule has 0 saturated carbocycles. The topological polar surface area (TPSA) is 23.6 Å². The molecule has 0 spiro atoms. The third-order valence-electron chi connectivity index (χ3n) is 6.74. The minimum atomic E-state index is 0.325. The summed E-state index contributed by atoms with van der Waals surface area (Å²) in [5.74, 6) is 1.02. The molecule has 2 aliphatic heterocycles. The number of rotatable bonds is 6. The Labute approximate surface area is 175 Å². The SMILES string of the molecule is CN1CCCCc2cc(C(=O)CCC3CCN(Cc4ccccc4)CC3)ccc21. The second-order valence-corrected chi connectivity index (χ2v) is 8.89. The summed E-state index contributed by atoms with van der Waals surface area (Å²) in [6.45, 7) is 4.47. The van der Waals surface area contributed by atoms with Crippen LogP contribution in [-0.2, 0) is 13.0 Å². The summed E-state index contributed by atoms with van der Waals surface area (Å²) < 4.78 is 0. The Hall–Kier alpha value is -2.13. The van der Waals surface area contributed by atoms with E-state index in [0.29, 0.717) is 18.1 Å². The number of benzene rings is 2. The Balaban J connectivity index is 1.26. The van der Waals surface area contributed by atoms with Crippen LogP contribution >= 0.6 is 0 Å². The van der Waals surface area contributed by atoms with Crippen molar-refractivity contribution in [3.63, 3.8) is 0 Å². The molecule has 0 atom stereocenters. The Morgan fingerprint density at radius 2 is 1.79 bits per heavy atom. The summed E-state index contributed by atoms with van der Waals surface area (Å²) in [6, 6.07) is 17.1. The maximum absolute atomic E-state index is 12.8. The number of likely N-dealkylation sites (tertiary alicyclic amines) is 1. The number of piperidine rings is 1. The monoisotopic (exact) mass is 390 g/mol. The molecule has 0 radical (unpaired) electrons. The number of hydrogen-bond acceptors (Lipinski definition) is 3. The molecule has 0 unspecified atom stereocenters. The molecule has 0 aromatic heterocycles. The first-order valence-electron chi connectivity index (χ1n) is 11.3. The first-order chi connectivity index (χ1) is 14.2. The van der Waals surface area contributed by atoms with Crippen molar-refractivity contribution < 1.29 is 4.79 Å². The predicted octanol–water partition coefficient (Wildman–Crippen LogP) is 5.33. The van der Waals surface area contributed by atoms with E-state index in [-0.39, 0.29) is 0 Å². The molecular weight excluding hydrogens is 356 g/mol. The van der Waals surface area contributed by atoms with Crippen LogP contribution < -0.4 is 4.90 Å². The van der Waals surface area contributed by atoms with Crippen LogP contribution in [0.1, 0.15) is 60.0 Å². The average Bonchev–Trinajstić information content (AvgIpc) is 2.94. The van der Waals surface area contributed by atoms with Crippen molar-refractivity contribution in [1.29, 1.82) is 0 Å². The summed E-state index contributed by atoms with van der Waals surface area (Å²) in [4.78, 5) is 17.7. The normalized spacial score (nSPS) is 18.3. The van der Waals surface area contributed by atoms with Crippen LogP contribution in [0.2, 0.25) is 0 Å². The summed E-state index contributed by atoms with van der Waals surface area (Å²) >= 11 is 0. The lowest BCUT2D eigenvalue weighted by Gasteiger charge is -2.32. The van der Waals surface area contributed by atoms with E-state index in [1.165, 1.54) is 42.5 Å². The van der Waals surface area contributed by atoms with E-state index in [9.17, 15) is 4.79 Å². The molecule has 154 valence electrons. The highest BCUT2D eigenvalue weighted by molar-refractivity contribution is 5.96. The highest BCUT2D eigenvalue weighted by Gasteiger charge is 2.21. The fourth-order valence-corrected chi connectivity index (χ4v) is 4.87. The van der Waals surface area contributed by atoms with Crippen molar-refractivity contribution in [1.82, 2.24) is 4.90 Å². The van der Waals surface area contributed by atoms with Crippen molar-refractivity contribution in [3.8, 4) is 0 Å². The van der Waals surface area contributed by atoms with E-state index in [4.69, 9.17) is 0 Å². The number of carbonyl (C=O) groups is 1. The molecule has 29 heavy (non-hydrogen) atoms. The molecule has 0 N–H and O–H groups in total. The maximum atomic E-state index is 12.8. The molecule has 3 heteroatoms. The van der Waals surface area contributed by atoms with Crippen molar-refractivity contribution in [2.75, 3.05) is 31.6 Å². The molecule has 1 fully saturated rings. The van der Waals surface area contributed by atoms with Gasteiger partial charge in [-0.3, -0.25) is 9.69 Å². The van der Waals surface area contributed by atoms with Gasteiger partial charge in [0.15, 0.2) is 5.78 Å². The van der Waals surface area contributed by atoms with Crippen LogP contribution in [0.3, 0.4) is 0 Å². The van der Waals surface area contributed by atoms with Crippen molar-refractivity contribution in [2.45, 2.75) is 51.5 Å². The second-order valence-electron chi connectivity index (χ2n) is 8.89. The van der Waals surface area contributed by atoms with Gasteiger partial charge in [0, 0.05) is 37.8 Å². The minimum absolute atomic E-state index is 0.325. The van der Waals surface area contributed by atoms with E-state index in [1.807, 2.05) is 6.07 Å². The third-order valence-corrected chi connectivity index (χ3v) is 6.74. The molecule has 1 saturated heterocycles. The molecule has 4 rings (SSSR count). The highest BCUT2D eigenvalue weighted by Crippen LogP contribution is 2.28. The lowest BCUT2D eigenvalue weighted by molar-refractivity contribution is 0.0961. The fraction of sp³-hybridized carbons (Fsp3) is 0.500. The zero-order valence-corrected chi connectivity index (χ0v) is 17.8. The van der Waals surface area contributed by atoms with Crippen LogP contribution in [0.5, 0.6) is 0 Å². The molecule has 2 aromatic rings.